The number of nitrogens with zero attached hydrogens (tertiary/aromatic N) is 6. The SMILES string of the molecule is c1cnc2ncc(-c3ccn4nc(N[C@H]5C[C@H](N6CCOCC6)C5)ncc34)cc2c1. The third-order valence-corrected chi connectivity index (χ3v) is 6.19. The molecule has 6 rings (SSSR count). The summed E-state index contributed by atoms with van der Waals surface area (Å²) in [5.74, 6) is 0.677. The number of aromatic nitrogens is 5. The van der Waals surface area contributed by atoms with E-state index in [0.29, 0.717) is 18.0 Å². The summed E-state index contributed by atoms with van der Waals surface area (Å²) in [6.07, 6.45) is 9.75. The normalized spacial score (nSPS) is 22.3. The average Bonchev–Trinajstić information content (AvgIpc) is 3.19. The Labute approximate surface area is 173 Å². The van der Waals surface area contributed by atoms with Gasteiger partial charge in [0, 0.05) is 60.3 Å². The smallest absolute Gasteiger partial charge is 0.241 e. The highest BCUT2D eigenvalue weighted by Gasteiger charge is 2.34. The van der Waals surface area contributed by atoms with Gasteiger partial charge in [-0.2, -0.15) is 0 Å². The largest absolute Gasteiger partial charge is 0.379 e. The second kappa shape index (κ2) is 7.30. The van der Waals surface area contributed by atoms with Crippen molar-refractivity contribution in [3.8, 4) is 11.1 Å². The molecule has 2 aliphatic rings. The van der Waals surface area contributed by atoms with Crippen LogP contribution in [0.1, 0.15) is 12.8 Å². The predicted molar refractivity (Wildman–Crippen MR) is 114 cm³/mol. The van der Waals surface area contributed by atoms with Gasteiger partial charge in [0.25, 0.3) is 0 Å². The lowest BCUT2D eigenvalue weighted by atomic mass is 9.85. The highest BCUT2D eigenvalue weighted by Crippen LogP contribution is 2.30. The quantitative estimate of drug-likeness (QED) is 0.563. The minimum Gasteiger partial charge on any atom is -0.379 e. The molecule has 0 amide bonds. The molecular weight excluding hydrogens is 378 g/mol. The summed E-state index contributed by atoms with van der Waals surface area (Å²) >= 11 is 0. The second-order valence-electron chi connectivity index (χ2n) is 8.03. The Morgan fingerprint density at radius 2 is 1.93 bits per heavy atom. The number of ether oxygens (including phenoxy) is 1. The molecule has 30 heavy (non-hydrogen) atoms. The van der Waals surface area contributed by atoms with E-state index in [1.54, 1.807) is 6.20 Å². The van der Waals surface area contributed by atoms with E-state index in [1.807, 2.05) is 35.2 Å². The maximum absolute atomic E-state index is 5.45. The maximum Gasteiger partial charge on any atom is 0.241 e. The molecule has 1 aliphatic carbocycles. The van der Waals surface area contributed by atoms with Crippen molar-refractivity contribution in [2.45, 2.75) is 24.9 Å². The van der Waals surface area contributed by atoms with Crippen molar-refractivity contribution in [1.29, 1.82) is 0 Å². The van der Waals surface area contributed by atoms with E-state index in [1.165, 1.54) is 0 Å². The molecule has 1 aliphatic heterocycles. The molecule has 4 aromatic heterocycles. The fraction of sp³-hybridized carbons (Fsp3) is 0.364. The number of hydrogen-bond donors (Lipinski definition) is 1. The molecule has 0 aromatic carbocycles. The summed E-state index contributed by atoms with van der Waals surface area (Å²) in [5.41, 5.74) is 3.82. The lowest BCUT2D eigenvalue weighted by Crippen LogP contribution is -2.53. The topological polar surface area (TPSA) is 80.5 Å². The maximum atomic E-state index is 5.45. The monoisotopic (exact) mass is 401 g/mol. The van der Waals surface area contributed by atoms with E-state index < -0.39 is 0 Å². The van der Waals surface area contributed by atoms with E-state index >= 15 is 0 Å². The second-order valence-corrected chi connectivity index (χ2v) is 8.03. The van der Waals surface area contributed by atoms with Crippen LogP contribution in [-0.2, 0) is 4.74 Å². The summed E-state index contributed by atoms with van der Waals surface area (Å²) in [6.45, 7) is 3.80. The molecule has 0 bridgehead atoms. The van der Waals surface area contributed by atoms with Crippen molar-refractivity contribution < 1.29 is 4.74 Å². The van der Waals surface area contributed by atoms with Gasteiger partial charge in [-0.25, -0.2) is 19.5 Å². The van der Waals surface area contributed by atoms with Gasteiger partial charge < -0.3 is 10.1 Å². The van der Waals surface area contributed by atoms with Gasteiger partial charge in [0.15, 0.2) is 5.65 Å². The Morgan fingerprint density at radius 3 is 2.83 bits per heavy atom. The van der Waals surface area contributed by atoms with Crippen LogP contribution < -0.4 is 5.32 Å². The van der Waals surface area contributed by atoms with Crippen molar-refractivity contribution >= 4 is 22.5 Å². The molecule has 152 valence electrons. The van der Waals surface area contributed by atoms with Gasteiger partial charge in [-0.15, -0.1) is 5.10 Å². The number of pyridine rings is 2. The van der Waals surface area contributed by atoms with Gasteiger partial charge in [-0.1, -0.05) is 0 Å². The summed E-state index contributed by atoms with van der Waals surface area (Å²) in [6, 6.07) is 9.21. The molecule has 8 nitrogen and oxygen atoms in total. The van der Waals surface area contributed by atoms with Crippen molar-refractivity contribution in [2.24, 2.45) is 0 Å². The Morgan fingerprint density at radius 1 is 1.03 bits per heavy atom. The molecule has 0 atom stereocenters. The highest BCUT2D eigenvalue weighted by molar-refractivity contribution is 5.86. The lowest BCUT2D eigenvalue weighted by molar-refractivity contribution is -0.00443. The van der Waals surface area contributed by atoms with Gasteiger partial charge in [0.1, 0.15) is 0 Å². The van der Waals surface area contributed by atoms with E-state index in [0.717, 1.165) is 66.8 Å². The van der Waals surface area contributed by atoms with Crippen LogP contribution in [0.4, 0.5) is 5.95 Å². The number of rotatable bonds is 4. The zero-order valence-corrected chi connectivity index (χ0v) is 16.6. The van der Waals surface area contributed by atoms with Gasteiger partial charge in [-0.05, 0) is 37.1 Å². The number of nitrogens with one attached hydrogen (secondary N) is 1. The Hall–Kier alpha value is -3.10. The predicted octanol–water partition coefficient (Wildman–Crippen LogP) is 2.61. The molecule has 0 spiro atoms. The van der Waals surface area contributed by atoms with Crippen LogP contribution in [0.15, 0.2) is 49.1 Å². The minimum atomic E-state index is 0.433. The molecule has 0 unspecified atom stereocenters. The van der Waals surface area contributed by atoms with Gasteiger partial charge in [0.2, 0.25) is 5.95 Å². The van der Waals surface area contributed by atoms with Crippen LogP contribution in [0.5, 0.6) is 0 Å². The van der Waals surface area contributed by atoms with E-state index in [4.69, 9.17) is 4.74 Å². The molecule has 1 saturated carbocycles. The van der Waals surface area contributed by atoms with Crippen LogP contribution in [0, 0.1) is 0 Å². The van der Waals surface area contributed by atoms with Crippen molar-refractivity contribution in [3.05, 3.63) is 49.1 Å². The number of hydrogen-bond acceptors (Lipinski definition) is 7. The van der Waals surface area contributed by atoms with Crippen molar-refractivity contribution in [2.75, 3.05) is 31.6 Å². The van der Waals surface area contributed by atoms with Crippen LogP contribution in [0.3, 0.4) is 0 Å². The van der Waals surface area contributed by atoms with Crippen molar-refractivity contribution in [1.82, 2.24) is 29.5 Å². The summed E-state index contributed by atoms with van der Waals surface area (Å²) < 4.78 is 7.33. The standard InChI is InChI=1S/C22H23N7O/c1-2-15-10-16(13-24-21(15)23-4-1)19-3-5-29-20(19)14-25-22(27-29)26-17-11-18(12-17)28-6-8-30-9-7-28/h1-5,10,13-14,17-18H,6-9,11-12H2,(H,26,27)/t17-,18-. The summed E-state index contributed by atoms with van der Waals surface area (Å²) in [4.78, 5) is 15.9. The van der Waals surface area contributed by atoms with Crippen LogP contribution in [-0.4, -0.2) is 67.9 Å². The van der Waals surface area contributed by atoms with E-state index in [9.17, 15) is 0 Å². The van der Waals surface area contributed by atoms with Gasteiger partial charge in [-0.3, -0.25) is 4.90 Å². The highest BCUT2D eigenvalue weighted by atomic mass is 16.5. The first-order valence-electron chi connectivity index (χ1n) is 10.5. The minimum absolute atomic E-state index is 0.433. The van der Waals surface area contributed by atoms with E-state index in [2.05, 4.69) is 42.4 Å². The van der Waals surface area contributed by atoms with Gasteiger partial charge >= 0.3 is 0 Å². The Balaban J connectivity index is 1.18. The van der Waals surface area contributed by atoms with Crippen LogP contribution in [0.2, 0.25) is 0 Å². The first kappa shape index (κ1) is 17.7. The molecule has 5 heterocycles. The zero-order valence-electron chi connectivity index (χ0n) is 16.6. The summed E-state index contributed by atoms with van der Waals surface area (Å²) in [7, 11) is 0. The Kier molecular flexibility index (Phi) is 4.32. The molecule has 4 aromatic rings. The molecule has 8 heteroatoms. The fourth-order valence-electron chi connectivity index (χ4n) is 4.45. The van der Waals surface area contributed by atoms with Crippen LogP contribution >= 0.6 is 0 Å². The van der Waals surface area contributed by atoms with Crippen LogP contribution in [0.25, 0.3) is 27.7 Å². The first-order chi connectivity index (χ1) is 14.8. The average molecular weight is 401 g/mol. The molecular formula is C22H23N7O. The number of anilines is 1. The third kappa shape index (κ3) is 3.18. The molecule has 2 fully saturated rings. The Bertz CT molecular complexity index is 1190. The summed E-state index contributed by atoms with van der Waals surface area (Å²) in [5, 5.41) is 9.18. The third-order valence-electron chi connectivity index (χ3n) is 6.19. The first-order valence-corrected chi connectivity index (χ1v) is 10.5. The van der Waals surface area contributed by atoms with Gasteiger partial charge in [0.05, 0.1) is 24.9 Å². The molecule has 1 N–H and O–H groups in total. The number of fused-ring (bicyclic) bond motifs is 2. The zero-order chi connectivity index (χ0) is 19.9. The van der Waals surface area contributed by atoms with E-state index in [-0.39, 0.29) is 0 Å². The lowest BCUT2D eigenvalue weighted by Gasteiger charge is -2.44. The van der Waals surface area contributed by atoms with Crippen molar-refractivity contribution in [3.63, 3.8) is 0 Å². The molecule has 1 saturated heterocycles. The fourth-order valence-corrected chi connectivity index (χ4v) is 4.45. The molecule has 0 radical (unpaired) electrons. The number of morpholine rings is 1.